The number of nitrogens with zero attached hydrogens (tertiary/aromatic N) is 2. The minimum atomic E-state index is 0.443. The molecule has 1 heterocycles. The molecule has 112 valence electrons. The molecule has 0 bridgehead atoms. The van der Waals surface area contributed by atoms with Gasteiger partial charge in [0.25, 0.3) is 0 Å². The molecule has 0 unspecified atom stereocenters. The minimum Gasteiger partial charge on any atom is -0.305 e. The largest absolute Gasteiger partial charge is 0.305 e. The third-order valence-electron chi connectivity index (χ3n) is 4.58. The normalized spacial score (nSPS) is 18.9. The molecule has 0 atom stereocenters. The van der Waals surface area contributed by atoms with E-state index < -0.39 is 0 Å². The number of aromatic nitrogens is 1. The van der Waals surface area contributed by atoms with Crippen molar-refractivity contribution in [3.05, 3.63) is 30.1 Å². The van der Waals surface area contributed by atoms with Crippen LogP contribution in [0.15, 0.2) is 24.4 Å². The Labute approximate surface area is 129 Å². The Morgan fingerprint density at radius 3 is 2.55 bits per heavy atom. The Morgan fingerprint density at radius 2 is 1.95 bits per heavy atom. The molecular formula is C17H28N2S. The third kappa shape index (κ3) is 4.78. The van der Waals surface area contributed by atoms with Crippen molar-refractivity contribution in [2.45, 2.75) is 44.9 Å². The van der Waals surface area contributed by atoms with Crippen LogP contribution >= 0.6 is 12.6 Å². The van der Waals surface area contributed by atoms with Crippen molar-refractivity contribution in [1.29, 1.82) is 0 Å². The highest BCUT2D eigenvalue weighted by atomic mass is 32.1. The average molecular weight is 292 g/mol. The summed E-state index contributed by atoms with van der Waals surface area (Å²) >= 11 is 4.67. The molecule has 20 heavy (non-hydrogen) atoms. The van der Waals surface area contributed by atoms with Crippen LogP contribution in [0.2, 0.25) is 0 Å². The predicted octanol–water partition coefficient (Wildman–Crippen LogP) is 3.83. The number of likely N-dealkylation sites (N-methyl/N-ethyl adjacent to an activating group) is 1. The predicted molar refractivity (Wildman–Crippen MR) is 89.4 cm³/mol. The molecule has 0 N–H and O–H groups in total. The van der Waals surface area contributed by atoms with E-state index in [1.807, 2.05) is 12.3 Å². The van der Waals surface area contributed by atoms with Crippen LogP contribution in [0, 0.1) is 5.41 Å². The Morgan fingerprint density at radius 1 is 1.20 bits per heavy atom. The van der Waals surface area contributed by atoms with Crippen molar-refractivity contribution >= 4 is 12.6 Å². The number of pyridine rings is 1. The fourth-order valence-electron chi connectivity index (χ4n) is 3.35. The summed E-state index contributed by atoms with van der Waals surface area (Å²) in [6, 6.07) is 6.17. The van der Waals surface area contributed by atoms with Crippen LogP contribution in [0.5, 0.6) is 0 Å². The summed E-state index contributed by atoms with van der Waals surface area (Å²) in [5, 5.41) is 0. The number of hydrogen-bond acceptors (Lipinski definition) is 3. The second kappa shape index (κ2) is 8.04. The number of rotatable bonds is 6. The van der Waals surface area contributed by atoms with Gasteiger partial charge in [0.15, 0.2) is 0 Å². The van der Waals surface area contributed by atoms with Gasteiger partial charge in [-0.25, -0.2) is 0 Å². The van der Waals surface area contributed by atoms with Gasteiger partial charge in [0.05, 0.1) is 0 Å². The molecule has 0 radical (unpaired) electrons. The van der Waals surface area contributed by atoms with Crippen molar-refractivity contribution in [3.8, 4) is 0 Å². The van der Waals surface area contributed by atoms with Gasteiger partial charge >= 0.3 is 0 Å². The van der Waals surface area contributed by atoms with Crippen LogP contribution in [0.3, 0.4) is 0 Å². The van der Waals surface area contributed by atoms with E-state index in [4.69, 9.17) is 0 Å². The molecule has 2 nitrogen and oxygen atoms in total. The fraction of sp³-hybridized carbons (Fsp3) is 0.706. The molecule has 1 aliphatic carbocycles. The highest BCUT2D eigenvalue weighted by Gasteiger charge is 2.30. The standard InChI is InChI=1S/C17H28N2S/c1-19(13-9-16-8-4-7-12-18-16)14-17(15-20)10-5-2-3-6-11-17/h4,7-8,12,20H,2-3,5-6,9-11,13-15H2,1H3. The van der Waals surface area contributed by atoms with E-state index in [0.717, 1.165) is 18.7 Å². The van der Waals surface area contributed by atoms with E-state index in [1.165, 1.54) is 50.8 Å². The molecule has 0 spiro atoms. The van der Waals surface area contributed by atoms with Crippen LogP contribution in [0.4, 0.5) is 0 Å². The average Bonchev–Trinajstić information content (AvgIpc) is 2.72. The summed E-state index contributed by atoms with van der Waals surface area (Å²) < 4.78 is 0. The number of thiol groups is 1. The van der Waals surface area contributed by atoms with Crippen LogP contribution in [-0.4, -0.2) is 35.8 Å². The van der Waals surface area contributed by atoms with Gasteiger partial charge in [-0.05, 0) is 43.2 Å². The highest BCUT2D eigenvalue weighted by Crippen LogP contribution is 2.36. The van der Waals surface area contributed by atoms with Crippen molar-refractivity contribution < 1.29 is 0 Å². The smallest absolute Gasteiger partial charge is 0.0416 e. The highest BCUT2D eigenvalue weighted by molar-refractivity contribution is 7.80. The summed E-state index contributed by atoms with van der Waals surface area (Å²) in [7, 11) is 2.25. The van der Waals surface area contributed by atoms with Gasteiger partial charge in [-0.3, -0.25) is 4.98 Å². The Bertz CT molecular complexity index is 372. The second-order valence-corrected chi connectivity index (χ2v) is 6.70. The first-order valence-corrected chi connectivity index (χ1v) is 8.57. The molecule has 1 aliphatic rings. The number of hydrogen-bond donors (Lipinski definition) is 1. The molecular weight excluding hydrogens is 264 g/mol. The van der Waals surface area contributed by atoms with Crippen LogP contribution in [-0.2, 0) is 6.42 Å². The topological polar surface area (TPSA) is 16.1 Å². The monoisotopic (exact) mass is 292 g/mol. The van der Waals surface area contributed by atoms with E-state index in [1.54, 1.807) is 0 Å². The maximum absolute atomic E-state index is 4.67. The first-order chi connectivity index (χ1) is 9.74. The van der Waals surface area contributed by atoms with Crippen molar-refractivity contribution in [2.24, 2.45) is 5.41 Å². The molecule has 1 aromatic heterocycles. The van der Waals surface area contributed by atoms with Gasteiger partial charge in [-0.2, -0.15) is 12.6 Å². The van der Waals surface area contributed by atoms with E-state index in [0.29, 0.717) is 5.41 Å². The molecule has 1 saturated carbocycles. The molecule has 0 aliphatic heterocycles. The van der Waals surface area contributed by atoms with Crippen molar-refractivity contribution in [3.63, 3.8) is 0 Å². The van der Waals surface area contributed by atoms with Crippen LogP contribution < -0.4 is 0 Å². The van der Waals surface area contributed by atoms with E-state index >= 15 is 0 Å². The van der Waals surface area contributed by atoms with Gasteiger partial charge in [0, 0.05) is 31.4 Å². The first kappa shape index (κ1) is 15.8. The van der Waals surface area contributed by atoms with Crippen molar-refractivity contribution in [1.82, 2.24) is 9.88 Å². The summed E-state index contributed by atoms with van der Waals surface area (Å²) in [5.74, 6) is 1.03. The zero-order valence-electron chi connectivity index (χ0n) is 12.7. The zero-order valence-corrected chi connectivity index (χ0v) is 13.6. The van der Waals surface area contributed by atoms with E-state index in [9.17, 15) is 0 Å². The Balaban J connectivity index is 1.83. The van der Waals surface area contributed by atoms with E-state index in [2.05, 4.69) is 41.7 Å². The molecule has 0 aromatic carbocycles. The summed E-state index contributed by atoms with van der Waals surface area (Å²) in [5.41, 5.74) is 1.64. The summed E-state index contributed by atoms with van der Waals surface area (Å²) in [4.78, 5) is 6.89. The Kier molecular flexibility index (Phi) is 6.37. The van der Waals surface area contributed by atoms with Crippen LogP contribution in [0.25, 0.3) is 0 Å². The minimum absolute atomic E-state index is 0.443. The molecule has 0 amide bonds. The van der Waals surface area contributed by atoms with E-state index in [-0.39, 0.29) is 0 Å². The first-order valence-electron chi connectivity index (χ1n) is 7.93. The lowest BCUT2D eigenvalue weighted by Gasteiger charge is -2.35. The van der Waals surface area contributed by atoms with Crippen LogP contribution in [0.1, 0.15) is 44.2 Å². The van der Waals surface area contributed by atoms with Crippen molar-refractivity contribution in [2.75, 3.05) is 25.9 Å². The molecule has 0 saturated heterocycles. The molecule has 1 aromatic rings. The third-order valence-corrected chi connectivity index (χ3v) is 5.25. The lowest BCUT2D eigenvalue weighted by Crippen LogP contribution is -2.38. The molecule has 1 fully saturated rings. The summed E-state index contributed by atoms with van der Waals surface area (Å²) in [6.07, 6.45) is 11.2. The Hall–Kier alpha value is -0.540. The van der Waals surface area contributed by atoms with Gasteiger partial charge < -0.3 is 4.90 Å². The summed E-state index contributed by atoms with van der Waals surface area (Å²) in [6.45, 7) is 2.27. The zero-order chi connectivity index (χ0) is 14.3. The van der Waals surface area contributed by atoms with Gasteiger partial charge in [0.1, 0.15) is 0 Å². The lowest BCUT2D eigenvalue weighted by atomic mass is 9.81. The van der Waals surface area contributed by atoms with Gasteiger partial charge in [-0.15, -0.1) is 0 Å². The maximum Gasteiger partial charge on any atom is 0.0416 e. The quantitative estimate of drug-likeness (QED) is 0.633. The lowest BCUT2D eigenvalue weighted by molar-refractivity contribution is 0.176. The molecule has 2 rings (SSSR count). The second-order valence-electron chi connectivity index (χ2n) is 6.38. The van der Waals surface area contributed by atoms with Gasteiger partial charge in [-0.1, -0.05) is 31.7 Å². The SMILES string of the molecule is CN(CCc1ccccn1)CC1(CS)CCCCCC1. The fourth-order valence-corrected chi connectivity index (χ4v) is 3.76. The van der Waals surface area contributed by atoms with Gasteiger partial charge in [0.2, 0.25) is 0 Å². The molecule has 3 heteroatoms. The maximum atomic E-state index is 4.67.